The Bertz CT molecular complexity index is 887. The van der Waals surface area contributed by atoms with Crippen molar-refractivity contribution in [2.45, 2.75) is 6.54 Å². The van der Waals surface area contributed by atoms with E-state index in [1.807, 2.05) is 24.3 Å². The van der Waals surface area contributed by atoms with Crippen LogP contribution in [0.5, 0.6) is 5.75 Å². The molecule has 0 radical (unpaired) electrons. The van der Waals surface area contributed by atoms with E-state index in [1.165, 1.54) is 0 Å². The summed E-state index contributed by atoms with van der Waals surface area (Å²) in [5.74, 6) is 1.46. The summed E-state index contributed by atoms with van der Waals surface area (Å²) in [4.78, 5) is 4.02. The van der Waals surface area contributed by atoms with Crippen molar-refractivity contribution in [3.63, 3.8) is 0 Å². The number of H-pyrrole nitrogens is 1. The van der Waals surface area contributed by atoms with Gasteiger partial charge in [0.2, 0.25) is 4.77 Å². The minimum atomic E-state index is 0.494. The van der Waals surface area contributed by atoms with Gasteiger partial charge < -0.3 is 10.2 Å². The third kappa shape index (κ3) is 3.52. The smallest absolute Gasteiger partial charge is 0.214 e. The summed E-state index contributed by atoms with van der Waals surface area (Å²) in [5, 5.41) is 7.09. The molecule has 2 N–H and O–H groups in total. The molecule has 2 heterocycles. The third-order valence-corrected chi connectivity index (χ3v) is 4.77. The number of halogens is 2. The second-order valence-electron chi connectivity index (χ2n) is 4.85. The Hall–Kier alpha value is -1.71. The third-order valence-electron chi connectivity index (χ3n) is 3.31. The molecule has 0 saturated carbocycles. The van der Waals surface area contributed by atoms with Gasteiger partial charge in [0, 0.05) is 18.0 Å². The van der Waals surface area contributed by atoms with Crippen LogP contribution in [0.3, 0.4) is 0 Å². The molecule has 0 fully saturated rings. The molecular weight excluding hydrogens is 458 g/mol. The van der Waals surface area contributed by atoms with Gasteiger partial charge in [0.05, 0.1) is 22.6 Å². The lowest BCUT2D eigenvalue weighted by molar-refractivity contribution is 0.409. The van der Waals surface area contributed by atoms with E-state index >= 15 is 0 Å². The molecule has 1 aromatic carbocycles. The lowest BCUT2D eigenvalue weighted by atomic mass is 10.2. The predicted molar refractivity (Wildman–Crippen MR) is 102 cm³/mol. The molecule has 0 unspecified atom stereocenters. The molecule has 124 valence electrons. The summed E-state index contributed by atoms with van der Waals surface area (Å²) < 4.78 is 9.31. The molecule has 9 heteroatoms. The van der Waals surface area contributed by atoms with Gasteiger partial charge in [-0.25, -0.2) is 9.77 Å². The number of pyridine rings is 1. The van der Waals surface area contributed by atoms with E-state index in [1.54, 1.807) is 24.2 Å². The van der Waals surface area contributed by atoms with Crippen LogP contribution in [0.2, 0.25) is 0 Å². The summed E-state index contributed by atoms with van der Waals surface area (Å²) in [6.07, 6.45) is 3.43. The average Bonchev–Trinajstić information content (AvgIpc) is 2.94. The Labute approximate surface area is 160 Å². The molecule has 0 atom stereocenters. The zero-order valence-corrected chi connectivity index (χ0v) is 16.6. The molecule has 6 nitrogen and oxygen atoms in total. The fraction of sp³-hybridized carbons (Fsp3) is 0.133. The van der Waals surface area contributed by atoms with Crippen molar-refractivity contribution in [1.29, 1.82) is 0 Å². The lowest BCUT2D eigenvalue weighted by Gasteiger charge is -2.12. The van der Waals surface area contributed by atoms with E-state index in [2.05, 4.69) is 52.5 Å². The second kappa shape index (κ2) is 7.45. The number of benzene rings is 1. The van der Waals surface area contributed by atoms with E-state index in [0.29, 0.717) is 17.1 Å². The zero-order chi connectivity index (χ0) is 17.1. The summed E-state index contributed by atoms with van der Waals surface area (Å²) in [6, 6.07) is 7.74. The quantitative estimate of drug-likeness (QED) is 0.544. The molecule has 0 aliphatic rings. The molecular formula is C15H13Br2N5OS. The Morgan fingerprint density at radius 1 is 1.25 bits per heavy atom. The number of aromatic nitrogens is 4. The molecule has 24 heavy (non-hydrogen) atoms. The van der Waals surface area contributed by atoms with E-state index in [9.17, 15) is 0 Å². The maximum Gasteiger partial charge on any atom is 0.214 e. The highest BCUT2D eigenvalue weighted by Crippen LogP contribution is 2.34. The van der Waals surface area contributed by atoms with Crippen LogP contribution < -0.4 is 10.2 Å². The van der Waals surface area contributed by atoms with Crippen LogP contribution in [0, 0.1) is 4.77 Å². The van der Waals surface area contributed by atoms with Crippen LogP contribution in [-0.2, 0) is 6.54 Å². The summed E-state index contributed by atoms with van der Waals surface area (Å²) in [5.41, 5.74) is 5.26. The average molecular weight is 471 g/mol. The number of aromatic amines is 1. The van der Waals surface area contributed by atoms with E-state index in [-0.39, 0.29) is 0 Å². The molecule has 0 amide bonds. The van der Waals surface area contributed by atoms with Gasteiger partial charge in [0.1, 0.15) is 5.75 Å². The molecule has 0 aliphatic heterocycles. The fourth-order valence-electron chi connectivity index (χ4n) is 2.22. The second-order valence-corrected chi connectivity index (χ2v) is 6.95. The number of rotatable bonds is 5. The minimum absolute atomic E-state index is 0.494. The first-order valence-corrected chi connectivity index (χ1v) is 8.93. The highest BCUT2D eigenvalue weighted by atomic mass is 79.9. The fourth-order valence-corrected chi connectivity index (χ4v) is 4.02. The topological polar surface area (TPSA) is 67.8 Å². The molecule has 3 rings (SSSR count). The van der Waals surface area contributed by atoms with E-state index in [4.69, 9.17) is 17.0 Å². The molecule has 0 spiro atoms. The lowest BCUT2D eigenvalue weighted by Crippen LogP contribution is -2.16. The van der Waals surface area contributed by atoms with Crippen molar-refractivity contribution in [3.8, 4) is 17.1 Å². The Morgan fingerprint density at radius 2 is 1.92 bits per heavy atom. The minimum Gasteiger partial charge on any atom is -0.494 e. The first-order chi connectivity index (χ1) is 11.6. The van der Waals surface area contributed by atoms with Gasteiger partial charge in [0.25, 0.3) is 0 Å². The van der Waals surface area contributed by atoms with Gasteiger partial charge >= 0.3 is 0 Å². The monoisotopic (exact) mass is 469 g/mol. The van der Waals surface area contributed by atoms with Gasteiger partial charge in [-0.15, -0.1) is 0 Å². The van der Waals surface area contributed by atoms with Crippen LogP contribution in [0.4, 0.5) is 0 Å². The van der Waals surface area contributed by atoms with Crippen LogP contribution >= 0.6 is 44.1 Å². The van der Waals surface area contributed by atoms with Crippen LogP contribution in [0.1, 0.15) is 5.56 Å². The number of hydrogen-bond donors (Lipinski definition) is 2. The maximum absolute atomic E-state index is 5.32. The van der Waals surface area contributed by atoms with Gasteiger partial charge in [-0.05, 0) is 73.9 Å². The van der Waals surface area contributed by atoms with E-state index < -0.39 is 0 Å². The molecule has 2 aromatic heterocycles. The molecule has 0 bridgehead atoms. The van der Waals surface area contributed by atoms with Crippen molar-refractivity contribution >= 4 is 44.1 Å². The summed E-state index contributed by atoms with van der Waals surface area (Å²) >= 11 is 12.3. The largest absolute Gasteiger partial charge is 0.494 e. The van der Waals surface area contributed by atoms with Gasteiger partial charge in [-0.3, -0.25) is 4.98 Å². The zero-order valence-electron chi connectivity index (χ0n) is 12.6. The van der Waals surface area contributed by atoms with Gasteiger partial charge in [-0.1, -0.05) is 0 Å². The Morgan fingerprint density at radius 3 is 2.54 bits per heavy atom. The number of nitrogens with one attached hydrogen (secondary N) is 2. The summed E-state index contributed by atoms with van der Waals surface area (Å²) in [6.45, 7) is 0.563. The summed E-state index contributed by atoms with van der Waals surface area (Å²) in [7, 11) is 1.63. The molecule has 3 aromatic rings. The van der Waals surface area contributed by atoms with Gasteiger partial charge in [-0.2, -0.15) is 5.10 Å². The molecule has 0 aliphatic carbocycles. The van der Waals surface area contributed by atoms with Crippen LogP contribution in [0.15, 0.2) is 45.6 Å². The highest BCUT2D eigenvalue weighted by Gasteiger charge is 2.10. The first kappa shape index (κ1) is 17.1. The maximum atomic E-state index is 5.32. The van der Waals surface area contributed by atoms with Crippen molar-refractivity contribution < 1.29 is 4.74 Å². The number of nitrogens with zero attached hydrogens (tertiary/aromatic N) is 3. The normalized spacial score (nSPS) is 10.6. The standard InChI is InChI=1S/C15H13Br2N5OS/c1-23-13-11(16)6-9(7-12(13)17)8-19-22-14(20-21-15(22)24)10-2-4-18-5-3-10/h2-7,19H,8H2,1H3,(H,21,24). The Kier molecular flexibility index (Phi) is 5.32. The van der Waals surface area contributed by atoms with Crippen molar-refractivity contribution in [2.75, 3.05) is 12.5 Å². The SMILES string of the molecule is COc1c(Br)cc(CNn2c(-c3ccncc3)n[nH]c2=S)cc1Br. The predicted octanol–water partition coefficient (Wildman–Crippen LogP) is 4.28. The number of methoxy groups -OCH3 is 1. The molecule has 0 saturated heterocycles. The first-order valence-electron chi connectivity index (χ1n) is 6.93. The highest BCUT2D eigenvalue weighted by molar-refractivity contribution is 9.11. The van der Waals surface area contributed by atoms with Crippen molar-refractivity contribution in [3.05, 3.63) is 55.9 Å². The number of ether oxygens (including phenoxy) is 1. The van der Waals surface area contributed by atoms with Crippen LogP contribution in [0.25, 0.3) is 11.4 Å². The van der Waals surface area contributed by atoms with Crippen molar-refractivity contribution in [1.82, 2.24) is 19.9 Å². The Balaban J connectivity index is 1.86. The van der Waals surface area contributed by atoms with Crippen LogP contribution in [-0.4, -0.2) is 27.0 Å². The van der Waals surface area contributed by atoms with E-state index in [0.717, 1.165) is 25.8 Å². The number of hydrogen-bond acceptors (Lipinski definition) is 5. The van der Waals surface area contributed by atoms with Crippen molar-refractivity contribution in [2.24, 2.45) is 0 Å². The van der Waals surface area contributed by atoms with Gasteiger partial charge in [0.15, 0.2) is 5.82 Å².